The lowest BCUT2D eigenvalue weighted by Gasteiger charge is -2.16. The van der Waals surface area contributed by atoms with Gasteiger partial charge in [-0.05, 0) is 29.2 Å². The summed E-state index contributed by atoms with van der Waals surface area (Å²) >= 11 is 3.32. The highest BCUT2D eigenvalue weighted by Gasteiger charge is 2.15. The molecule has 1 rings (SSSR count). The van der Waals surface area contributed by atoms with Crippen LogP contribution < -0.4 is 0 Å². The number of hydrogen-bond acceptors (Lipinski definition) is 3. The summed E-state index contributed by atoms with van der Waals surface area (Å²) in [4.78, 5) is 0. The number of hydrogen-bond donors (Lipinski definition) is 0. The molecular weight excluding hydrogens is 316 g/mol. The minimum Gasteiger partial charge on any atom is -0.266 e. The molecule has 0 amide bonds. The van der Waals surface area contributed by atoms with Crippen LogP contribution in [0.25, 0.3) is 6.08 Å². The standard InChI is InChI=1S/C13H17BrO3S/c1-13(2,3)10-17-18(15,16)9-8-11-4-6-12(14)7-5-11/h4-9H,10H2,1-3H3/b9-8+. The highest BCUT2D eigenvalue weighted by atomic mass is 79.9. The van der Waals surface area contributed by atoms with Crippen molar-refractivity contribution in [1.82, 2.24) is 0 Å². The van der Waals surface area contributed by atoms with Gasteiger partial charge in [-0.1, -0.05) is 48.8 Å². The van der Waals surface area contributed by atoms with Gasteiger partial charge in [-0.15, -0.1) is 0 Å². The Balaban J connectivity index is 2.68. The molecule has 1 aromatic carbocycles. The van der Waals surface area contributed by atoms with Gasteiger partial charge in [-0.3, -0.25) is 4.18 Å². The lowest BCUT2D eigenvalue weighted by molar-refractivity contribution is 0.206. The average molecular weight is 333 g/mol. The summed E-state index contributed by atoms with van der Waals surface area (Å²) in [6.45, 7) is 5.92. The highest BCUT2D eigenvalue weighted by molar-refractivity contribution is 9.10. The second kappa shape index (κ2) is 5.99. The van der Waals surface area contributed by atoms with Crippen LogP contribution in [0.2, 0.25) is 0 Å². The lowest BCUT2D eigenvalue weighted by Crippen LogP contribution is -2.17. The van der Waals surface area contributed by atoms with Crippen molar-refractivity contribution in [2.24, 2.45) is 5.41 Å². The van der Waals surface area contributed by atoms with Crippen LogP contribution in [0.4, 0.5) is 0 Å². The Bertz CT molecular complexity index is 510. The number of rotatable bonds is 4. The average Bonchev–Trinajstić information content (AvgIpc) is 2.25. The third kappa shape index (κ3) is 6.33. The van der Waals surface area contributed by atoms with Gasteiger partial charge < -0.3 is 0 Å². The topological polar surface area (TPSA) is 43.4 Å². The van der Waals surface area contributed by atoms with Crippen molar-refractivity contribution in [3.05, 3.63) is 39.7 Å². The zero-order valence-electron chi connectivity index (χ0n) is 10.7. The quantitative estimate of drug-likeness (QED) is 0.787. The van der Waals surface area contributed by atoms with Crippen LogP contribution in [0.1, 0.15) is 26.3 Å². The van der Waals surface area contributed by atoms with Crippen molar-refractivity contribution >= 4 is 32.1 Å². The molecule has 0 heterocycles. The van der Waals surface area contributed by atoms with Crippen LogP contribution >= 0.6 is 15.9 Å². The van der Waals surface area contributed by atoms with Crippen LogP contribution in [0.3, 0.4) is 0 Å². The van der Waals surface area contributed by atoms with Crippen molar-refractivity contribution in [2.45, 2.75) is 20.8 Å². The van der Waals surface area contributed by atoms with E-state index in [-0.39, 0.29) is 12.0 Å². The van der Waals surface area contributed by atoms with Crippen LogP contribution in [0.5, 0.6) is 0 Å². The Morgan fingerprint density at radius 3 is 2.28 bits per heavy atom. The molecule has 100 valence electrons. The largest absolute Gasteiger partial charge is 0.290 e. The predicted octanol–water partition coefficient (Wildman–Crippen LogP) is 3.81. The molecule has 3 nitrogen and oxygen atoms in total. The van der Waals surface area contributed by atoms with E-state index < -0.39 is 10.1 Å². The summed E-state index contributed by atoms with van der Waals surface area (Å²) in [5.41, 5.74) is 0.625. The van der Waals surface area contributed by atoms with Gasteiger partial charge in [0.2, 0.25) is 0 Å². The minimum atomic E-state index is -3.62. The molecule has 0 aliphatic rings. The monoisotopic (exact) mass is 332 g/mol. The molecule has 0 fully saturated rings. The molecule has 0 spiro atoms. The van der Waals surface area contributed by atoms with E-state index in [2.05, 4.69) is 15.9 Å². The van der Waals surface area contributed by atoms with E-state index in [1.165, 1.54) is 6.08 Å². The van der Waals surface area contributed by atoms with Gasteiger partial charge in [-0.25, -0.2) is 0 Å². The molecule has 0 bridgehead atoms. The molecule has 0 unspecified atom stereocenters. The van der Waals surface area contributed by atoms with Crippen molar-refractivity contribution in [1.29, 1.82) is 0 Å². The molecule has 5 heteroatoms. The molecule has 0 aromatic heterocycles. The first kappa shape index (κ1) is 15.4. The molecule has 0 N–H and O–H groups in total. The van der Waals surface area contributed by atoms with Crippen LogP contribution in [-0.4, -0.2) is 15.0 Å². The molecule has 18 heavy (non-hydrogen) atoms. The maximum Gasteiger partial charge on any atom is 0.290 e. The zero-order valence-corrected chi connectivity index (χ0v) is 13.1. The first-order valence-electron chi connectivity index (χ1n) is 5.51. The third-order valence-electron chi connectivity index (χ3n) is 1.95. The van der Waals surface area contributed by atoms with Crippen LogP contribution in [0.15, 0.2) is 34.1 Å². The first-order valence-corrected chi connectivity index (χ1v) is 7.77. The summed E-state index contributed by atoms with van der Waals surface area (Å²) in [6, 6.07) is 7.34. The Morgan fingerprint density at radius 1 is 1.22 bits per heavy atom. The van der Waals surface area contributed by atoms with Crippen LogP contribution in [-0.2, 0) is 14.3 Å². The Kier molecular flexibility index (Phi) is 5.13. The van der Waals surface area contributed by atoms with Gasteiger partial charge in [0, 0.05) is 4.47 Å². The normalized spacial score (nSPS) is 13.1. The zero-order chi connectivity index (χ0) is 13.8. The number of benzene rings is 1. The molecule has 0 aliphatic carbocycles. The van der Waals surface area contributed by atoms with E-state index in [0.29, 0.717) is 0 Å². The SMILES string of the molecule is CC(C)(C)COS(=O)(=O)/C=C/c1ccc(Br)cc1. The molecule has 0 saturated carbocycles. The van der Waals surface area contributed by atoms with Gasteiger partial charge in [0.1, 0.15) is 0 Å². The van der Waals surface area contributed by atoms with E-state index in [1.807, 2.05) is 45.0 Å². The van der Waals surface area contributed by atoms with Gasteiger partial charge in [0.25, 0.3) is 10.1 Å². The summed E-state index contributed by atoms with van der Waals surface area (Å²) in [5.74, 6) is 0. The smallest absolute Gasteiger partial charge is 0.266 e. The molecule has 0 atom stereocenters. The summed E-state index contributed by atoms with van der Waals surface area (Å²) < 4.78 is 29.1. The molecule has 0 saturated heterocycles. The summed E-state index contributed by atoms with van der Waals surface area (Å²) in [7, 11) is -3.62. The Morgan fingerprint density at radius 2 is 1.78 bits per heavy atom. The Hall–Kier alpha value is -0.650. The fraction of sp³-hybridized carbons (Fsp3) is 0.385. The highest BCUT2D eigenvalue weighted by Crippen LogP contribution is 2.16. The third-order valence-corrected chi connectivity index (χ3v) is 3.40. The van der Waals surface area contributed by atoms with E-state index in [9.17, 15) is 8.42 Å². The summed E-state index contributed by atoms with van der Waals surface area (Å²) in [5, 5.41) is 1.09. The second-order valence-corrected chi connectivity index (χ2v) is 7.58. The van der Waals surface area contributed by atoms with E-state index in [4.69, 9.17) is 4.18 Å². The summed E-state index contributed by atoms with van der Waals surface area (Å²) in [6.07, 6.45) is 1.52. The second-order valence-electron chi connectivity index (χ2n) is 5.17. The van der Waals surface area contributed by atoms with E-state index in [1.54, 1.807) is 0 Å². The fourth-order valence-electron chi connectivity index (χ4n) is 1.03. The van der Waals surface area contributed by atoms with Gasteiger partial charge in [-0.2, -0.15) is 8.42 Å². The van der Waals surface area contributed by atoms with Crippen LogP contribution in [0, 0.1) is 5.41 Å². The van der Waals surface area contributed by atoms with Crippen molar-refractivity contribution in [3.8, 4) is 0 Å². The molecule has 0 radical (unpaired) electrons. The van der Waals surface area contributed by atoms with E-state index in [0.717, 1.165) is 15.4 Å². The van der Waals surface area contributed by atoms with E-state index >= 15 is 0 Å². The fourth-order valence-corrected chi connectivity index (χ4v) is 2.22. The van der Waals surface area contributed by atoms with Gasteiger partial charge in [0.15, 0.2) is 0 Å². The number of halogens is 1. The molecular formula is C13H17BrO3S. The Labute approximate surface area is 117 Å². The van der Waals surface area contributed by atoms with Crippen molar-refractivity contribution < 1.29 is 12.6 Å². The predicted molar refractivity (Wildman–Crippen MR) is 77.5 cm³/mol. The van der Waals surface area contributed by atoms with Crippen molar-refractivity contribution in [2.75, 3.05) is 6.61 Å². The van der Waals surface area contributed by atoms with Gasteiger partial charge >= 0.3 is 0 Å². The van der Waals surface area contributed by atoms with Gasteiger partial charge in [0.05, 0.1) is 12.0 Å². The molecule has 1 aromatic rings. The minimum absolute atomic E-state index is 0.167. The molecule has 0 aliphatic heterocycles. The first-order chi connectivity index (χ1) is 8.18. The lowest BCUT2D eigenvalue weighted by atomic mass is 9.99. The maximum atomic E-state index is 11.6. The van der Waals surface area contributed by atoms with Crippen molar-refractivity contribution in [3.63, 3.8) is 0 Å². The maximum absolute atomic E-state index is 11.6.